The molecule has 7 heteroatoms. The number of amides is 2. The van der Waals surface area contributed by atoms with E-state index in [-0.39, 0.29) is 12.1 Å². The van der Waals surface area contributed by atoms with Crippen LogP contribution in [0.4, 0.5) is 4.79 Å². The van der Waals surface area contributed by atoms with E-state index in [0.29, 0.717) is 32.9 Å². The van der Waals surface area contributed by atoms with Gasteiger partial charge in [0.15, 0.2) is 0 Å². The van der Waals surface area contributed by atoms with Gasteiger partial charge in [0.05, 0.1) is 25.9 Å². The molecule has 2 heterocycles. The van der Waals surface area contributed by atoms with Gasteiger partial charge in [0.2, 0.25) is 0 Å². The number of carbonyl (C=O) groups is 2. The Balaban J connectivity index is 1.94. The van der Waals surface area contributed by atoms with E-state index in [4.69, 9.17) is 9.47 Å². The molecule has 0 aliphatic carbocycles. The van der Waals surface area contributed by atoms with Gasteiger partial charge >= 0.3 is 12.0 Å². The van der Waals surface area contributed by atoms with Gasteiger partial charge in [0.1, 0.15) is 6.04 Å². The third kappa shape index (κ3) is 3.85. The first-order valence-corrected chi connectivity index (χ1v) is 7.38. The average Bonchev–Trinajstić information content (AvgIpc) is 2.44. The number of nitrogens with zero attached hydrogens (tertiary/aromatic N) is 1. The molecule has 0 saturated carbocycles. The van der Waals surface area contributed by atoms with Crippen molar-refractivity contribution in [1.82, 2.24) is 10.2 Å². The van der Waals surface area contributed by atoms with E-state index >= 15 is 0 Å². The Morgan fingerprint density at radius 1 is 1.38 bits per heavy atom. The predicted octanol–water partition coefficient (Wildman–Crippen LogP) is 0.687. The van der Waals surface area contributed by atoms with Gasteiger partial charge < -0.3 is 24.8 Å². The number of piperidine rings is 1. The topological polar surface area (TPSA) is 88.1 Å². The van der Waals surface area contributed by atoms with Gasteiger partial charge in [0, 0.05) is 13.1 Å². The number of carboxylic acids is 1. The van der Waals surface area contributed by atoms with Crippen LogP contribution in [-0.2, 0) is 14.3 Å². The summed E-state index contributed by atoms with van der Waals surface area (Å²) in [5.74, 6) is -0.952. The first-order chi connectivity index (χ1) is 9.92. The number of carboxylic acid groups (broad SMARTS) is 1. The number of urea groups is 1. The highest BCUT2D eigenvalue weighted by Crippen LogP contribution is 2.35. The lowest BCUT2D eigenvalue weighted by Crippen LogP contribution is -2.59. The maximum Gasteiger partial charge on any atom is 0.327 e. The summed E-state index contributed by atoms with van der Waals surface area (Å²) in [6, 6.07) is -1.14. The Morgan fingerprint density at radius 3 is 2.76 bits per heavy atom. The van der Waals surface area contributed by atoms with E-state index in [9.17, 15) is 14.7 Å². The monoisotopic (exact) mass is 300 g/mol. The largest absolute Gasteiger partial charge is 0.480 e. The van der Waals surface area contributed by atoms with Gasteiger partial charge in [-0.15, -0.1) is 0 Å². The molecule has 7 nitrogen and oxygen atoms in total. The second-order valence-corrected chi connectivity index (χ2v) is 6.28. The third-order valence-electron chi connectivity index (χ3n) is 4.13. The summed E-state index contributed by atoms with van der Waals surface area (Å²) in [7, 11) is 0. The Kier molecular flexibility index (Phi) is 5.05. The summed E-state index contributed by atoms with van der Waals surface area (Å²) < 4.78 is 10.7. The van der Waals surface area contributed by atoms with Crippen molar-refractivity contribution >= 4 is 12.0 Å². The predicted molar refractivity (Wildman–Crippen MR) is 75.1 cm³/mol. The summed E-state index contributed by atoms with van der Waals surface area (Å²) in [5.41, 5.74) is -0.425. The fraction of sp³-hybridized carbons (Fsp3) is 0.857. The van der Waals surface area contributed by atoms with Crippen LogP contribution in [0.15, 0.2) is 0 Å². The first-order valence-electron chi connectivity index (χ1n) is 7.38. The zero-order valence-electron chi connectivity index (χ0n) is 12.6. The second-order valence-electron chi connectivity index (χ2n) is 6.28. The van der Waals surface area contributed by atoms with Crippen molar-refractivity contribution in [3.8, 4) is 0 Å². The van der Waals surface area contributed by atoms with Gasteiger partial charge in [-0.3, -0.25) is 0 Å². The highest BCUT2D eigenvalue weighted by molar-refractivity contribution is 5.83. The van der Waals surface area contributed by atoms with E-state index < -0.39 is 17.4 Å². The quantitative estimate of drug-likeness (QED) is 0.800. The molecule has 0 aromatic heterocycles. The van der Waals surface area contributed by atoms with Crippen LogP contribution in [-0.4, -0.2) is 67.1 Å². The molecule has 0 aromatic rings. The number of likely N-dealkylation sites (tertiary alicyclic amines) is 1. The van der Waals surface area contributed by atoms with Crippen molar-refractivity contribution < 1.29 is 24.2 Å². The molecular formula is C14H24N2O5. The van der Waals surface area contributed by atoms with Crippen molar-refractivity contribution in [2.75, 3.05) is 32.9 Å². The summed E-state index contributed by atoms with van der Waals surface area (Å²) in [4.78, 5) is 25.2. The second kappa shape index (κ2) is 6.62. The fourth-order valence-corrected chi connectivity index (χ4v) is 3.04. The van der Waals surface area contributed by atoms with Crippen LogP contribution in [0.25, 0.3) is 0 Å². The highest BCUT2D eigenvalue weighted by Gasteiger charge is 2.44. The van der Waals surface area contributed by atoms with Gasteiger partial charge in [-0.1, -0.05) is 13.8 Å². The normalized spacial score (nSPS) is 29.0. The van der Waals surface area contributed by atoms with Crippen molar-refractivity contribution in [2.45, 2.75) is 38.8 Å². The molecular weight excluding hydrogens is 276 g/mol. The number of carbonyl (C=O) groups excluding carboxylic acids is 1. The molecule has 0 aromatic carbocycles. The number of rotatable bonds is 3. The minimum Gasteiger partial charge on any atom is -0.480 e. The van der Waals surface area contributed by atoms with Crippen LogP contribution < -0.4 is 5.32 Å². The number of hydrogen-bond acceptors (Lipinski definition) is 4. The molecule has 0 bridgehead atoms. The van der Waals surface area contributed by atoms with Gasteiger partial charge in [-0.05, 0) is 18.3 Å². The molecule has 2 N–H and O–H groups in total. The Morgan fingerprint density at radius 2 is 2.14 bits per heavy atom. The smallest absolute Gasteiger partial charge is 0.327 e. The van der Waals surface area contributed by atoms with Crippen LogP contribution >= 0.6 is 0 Å². The van der Waals surface area contributed by atoms with E-state index in [2.05, 4.69) is 5.32 Å². The summed E-state index contributed by atoms with van der Waals surface area (Å²) in [5, 5.41) is 12.2. The van der Waals surface area contributed by atoms with Gasteiger partial charge in [-0.2, -0.15) is 0 Å². The van der Waals surface area contributed by atoms with Crippen LogP contribution in [0.5, 0.6) is 0 Å². The van der Waals surface area contributed by atoms with Crippen LogP contribution in [0.1, 0.15) is 26.7 Å². The highest BCUT2D eigenvalue weighted by atomic mass is 16.6. The molecule has 2 atom stereocenters. The SMILES string of the molecule is CC1(C)CCCN(C(=O)NCC2COCCO2)C1C(=O)O. The maximum atomic E-state index is 12.3. The van der Waals surface area contributed by atoms with Crippen LogP contribution in [0.3, 0.4) is 0 Å². The Hall–Kier alpha value is -1.34. The van der Waals surface area contributed by atoms with Gasteiger partial charge in [0.25, 0.3) is 0 Å². The molecule has 2 saturated heterocycles. The van der Waals surface area contributed by atoms with Crippen molar-refractivity contribution in [2.24, 2.45) is 5.41 Å². The molecule has 0 spiro atoms. The fourth-order valence-electron chi connectivity index (χ4n) is 3.04. The lowest BCUT2D eigenvalue weighted by molar-refractivity contribution is -0.148. The molecule has 120 valence electrons. The molecule has 2 unspecified atom stereocenters. The molecule has 0 radical (unpaired) electrons. The van der Waals surface area contributed by atoms with E-state index in [1.807, 2.05) is 13.8 Å². The molecule has 2 aliphatic heterocycles. The average molecular weight is 300 g/mol. The number of nitrogens with one attached hydrogen (secondary N) is 1. The lowest BCUT2D eigenvalue weighted by Gasteiger charge is -2.43. The lowest BCUT2D eigenvalue weighted by atomic mass is 9.76. The van der Waals surface area contributed by atoms with Crippen molar-refractivity contribution in [1.29, 1.82) is 0 Å². The summed E-state index contributed by atoms with van der Waals surface area (Å²) in [6.07, 6.45) is 1.45. The van der Waals surface area contributed by atoms with E-state index in [1.54, 1.807) is 0 Å². The summed E-state index contributed by atoms with van der Waals surface area (Å²) >= 11 is 0. The molecule has 2 rings (SSSR count). The van der Waals surface area contributed by atoms with Crippen molar-refractivity contribution in [3.05, 3.63) is 0 Å². The number of ether oxygens (including phenoxy) is 2. The Bertz CT molecular complexity index is 393. The third-order valence-corrected chi connectivity index (χ3v) is 4.13. The standard InChI is InChI=1S/C14H24N2O5/c1-14(2)4-3-5-16(11(14)12(17)18)13(19)15-8-10-9-20-6-7-21-10/h10-11H,3-9H2,1-2H3,(H,15,19)(H,17,18). The summed E-state index contributed by atoms with van der Waals surface area (Å²) in [6.45, 7) is 6.14. The van der Waals surface area contributed by atoms with Crippen molar-refractivity contribution in [3.63, 3.8) is 0 Å². The van der Waals surface area contributed by atoms with E-state index in [1.165, 1.54) is 4.90 Å². The minimum atomic E-state index is -0.952. The molecule has 21 heavy (non-hydrogen) atoms. The zero-order chi connectivity index (χ0) is 15.5. The molecule has 2 amide bonds. The first kappa shape index (κ1) is 16.0. The molecule has 2 aliphatic rings. The maximum absolute atomic E-state index is 12.3. The number of aliphatic carboxylic acids is 1. The van der Waals surface area contributed by atoms with E-state index in [0.717, 1.165) is 12.8 Å². The molecule has 2 fully saturated rings. The van der Waals surface area contributed by atoms with Gasteiger partial charge in [-0.25, -0.2) is 9.59 Å². The Labute approximate surface area is 124 Å². The van der Waals surface area contributed by atoms with Crippen LogP contribution in [0.2, 0.25) is 0 Å². The minimum absolute atomic E-state index is 0.163. The van der Waals surface area contributed by atoms with Crippen LogP contribution in [0, 0.1) is 5.41 Å². The number of hydrogen-bond donors (Lipinski definition) is 2. The zero-order valence-corrected chi connectivity index (χ0v) is 12.6.